The molecule has 5 nitrogen and oxygen atoms in total. The van der Waals surface area contributed by atoms with Crippen molar-refractivity contribution in [3.05, 3.63) is 18.2 Å². The van der Waals surface area contributed by atoms with Gasteiger partial charge >= 0.3 is 0 Å². The second-order valence-electron chi connectivity index (χ2n) is 7.00. The van der Waals surface area contributed by atoms with Crippen LogP contribution in [0, 0.1) is 5.92 Å². The maximum absolute atomic E-state index is 12.3. The number of benzene rings is 1. The Kier molecular flexibility index (Phi) is 4.19. The van der Waals surface area contributed by atoms with Crippen LogP contribution in [0.2, 0.25) is 0 Å². The number of ether oxygens (including phenoxy) is 1. The molecule has 1 aromatic heterocycles. The first-order valence-corrected chi connectivity index (χ1v) is 8.69. The van der Waals surface area contributed by atoms with Gasteiger partial charge in [-0.3, -0.25) is 4.79 Å². The first kappa shape index (κ1) is 16.1. The molecular formula is C17H23N3O2S. The third kappa shape index (κ3) is 3.58. The van der Waals surface area contributed by atoms with Crippen LogP contribution in [0.1, 0.15) is 27.2 Å². The van der Waals surface area contributed by atoms with E-state index >= 15 is 0 Å². The molecule has 2 aromatic rings. The van der Waals surface area contributed by atoms with E-state index in [-0.39, 0.29) is 17.4 Å². The van der Waals surface area contributed by atoms with Gasteiger partial charge in [0.05, 0.1) is 23.2 Å². The molecule has 3 rings (SSSR count). The van der Waals surface area contributed by atoms with Crippen LogP contribution in [0.15, 0.2) is 18.2 Å². The predicted octanol–water partition coefficient (Wildman–Crippen LogP) is 3.05. The van der Waals surface area contributed by atoms with Gasteiger partial charge in [0.25, 0.3) is 0 Å². The summed E-state index contributed by atoms with van der Waals surface area (Å²) in [6, 6.07) is 5.94. The molecule has 1 unspecified atom stereocenters. The van der Waals surface area contributed by atoms with E-state index in [1.807, 2.05) is 39.0 Å². The first-order valence-electron chi connectivity index (χ1n) is 7.87. The Morgan fingerprint density at radius 2 is 2.22 bits per heavy atom. The summed E-state index contributed by atoms with van der Waals surface area (Å²) in [5.41, 5.74) is 0.767. The van der Waals surface area contributed by atoms with Crippen molar-refractivity contribution in [2.24, 2.45) is 5.92 Å². The summed E-state index contributed by atoms with van der Waals surface area (Å²) in [5, 5.41) is 4.06. The van der Waals surface area contributed by atoms with Gasteiger partial charge in [-0.1, -0.05) is 11.3 Å². The van der Waals surface area contributed by atoms with Crippen LogP contribution in [0.5, 0.6) is 5.75 Å². The van der Waals surface area contributed by atoms with Crippen molar-refractivity contribution in [1.82, 2.24) is 10.3 Å². The molecule has 1 aromatic carbocycles. The van der Waals surface area contributed by atoms with E-state index in [0.29, 0.717) is 0 Å². The molecule has 0 bridgehead atoms. The predicted molar refractivity (Wildman–Crippen MR) is 94.4 cm³/mol. The second kappa shape index (κ2) is 6.00. The highest BCUT2D eigenvalue weighted by Crippen LogP contribution is 2.33. The van der Waals surface area contributed by atoms with E-state index in [2.05, 4.69) is 10.2 Å². The first-order chi connectivity index (χ1) is 10.9. The van der Waals surface area contributed by atoms with Gasteiger partial charge in [0.1, 0.15) is 5.75 Å². The van der Waals surface area contributed by atoms with Gasteiger partial charge in [-0.15, -0.1) is 0 Å². The van der Waals surface area contributed by atoms with Crippen molar-refractivity contribution >= 4 is 32.6 Å². The maximum atomic E-state index is 12.3. The maximum Gasteiger partial charge on any atom is 0.225 e. The number of amides is 1. The Morgan fingerprint density at radius 1 is 1.43 bits per heavy atom. The quantitative estimate of drug-likeness (QED) is 0.938. The van der Waals surface area contributed by atoms with Crippen LogP contribution in [-0.2, 0) is 4.79 Å². The van der Waals surface area contributed by atoms with E-state index in [1.165, 1.54) is 0 Å². The molecule has 1 atom stereocenters. The Balaban J connectivity index is 1.72. The number of aromatic nitrogens is 1. The lowest BCUT2D eigenvalue weighted by Crippen LogP contribution is -2.44. The van der Waals surface area contributed by atoms with Gasteiger partial charge in [-0.05, 0) is 39.3 Å². The summed E-state index contributed by atoms with van der Waals surface area (Å²) in [6.45, 7) is 7.65. The summed E-state index contributed by atoms with van der Waals surface area (Å²) in [4.78, 5) is 19.2. The van der Waals surface area contributed by atoms with Gasteiger partial charge in [0, 0.05) is 24.7 Å². The van der Waals surface area contributed by atoms with E-state index in [9.17, 15) is 4.79 Å². The summed E-state index contributed by atoms with van der Waals surface area (Å²) in [5.74, 6) is 0.997. The molecule has 124 valence electrons. The molecule has 2 heterocycles. The number of anilines is 1. The number of carbonyl (C=O) groups excluding carboxylic acids is 1. The van der Waals surface area contributed by atoms with E-state index < -0.39 is 0 Å². The minimum Gasteiger partial charge on any atom is -0.497 e. The molecule has 23 heavy (non-hydrogen) atoms. The zero-order valence-corrected chi connectivity index (χ0v) is 14.9. The highest BCUT2D eigenvalue weighted by Gasteiger charge is 2.31. The highest BCUT2D eigenvalue weighted by molar-refractivity contribution is 7.22. The molecule has 0 saturated carbocycles. The van der Waals surface area contributed by atoms with Crippen LogP contribution >= 0.6 is 11.3 Å². The number of carbonyl (C=O) groups is 1. The Morgan fingerprint density at radius 3 is 2.91 bits per heavy atom. The summed E-state index contributed by atoms with van der Waals surface area (Å²) in [7, 11) is 1.66. The normalized spacial score (nSPS) is 18.4. The average molecular weight is 333 g/mol. The molecule has 1 aliphatic heterocycles. The number of fused-ring (bicyclic) bond motifs is 1. The fourth-order valence-corrected chi connectivity index (χ4v) is 3.76. The number of thiazole rings is 1. The van der Waals surface area contributed by atoms with Crippen molar-refractivity contribution in [3.8, 4) is 5.75 Å². The Labute approximate surface area is 140 Å². The molecule has 1 fully saturated rings. The number of nitrogens with zero attached hydrogens (tertiary/aromatic N) is 2. The number of hydrogen-bond donors (Lipinski definition) is 1. The van der Waals surface area contributed by atoms with Crippen LogP contribution < -0.4 is 15.0 Å². The highest BCUT2D eigenvalue weighted by atomic mass is 32.1. The summed E-state index contributed by atoms with van der Waals surface area (Å²) < 4.78 is 6.39. The van der Waals surface area contributed by atoms with Gasteiger partial charge in [0.2, 0.25) is 5.91 Å². The van der Waals surface area contributed by atoms with Crippen molar-refractivity contribution in [1.29, 1.82) is 0 Å². The molecule has 1 amide bonds. The van der Waals surface area contributed by atoms with Crippen LogP contribution in [0.4, 0.5) is 5.13 Å². The van der Waals surface area contributed by atoms with Gasteiger partial charge in [-0.25, -0.2) is 4.98 Å². The lowest BCUT2D eigenvalue weighted by atomic mass is 10.0. The van der Waals surface area contributed by atoms with E-state index in [4.69, 9.17) is 9.72 Å². The van der Waals surface area contributed by atoms with Crippen LogP contribution in [0.25, 0.3) is 10.2 Å². The molecule has 0 spiro atoms. The summed E-state index contributed by atoms with van der Waals surface area (Å²) in [6.07, 6.45) is 0.876. The summed E-state index contributed by atoms with van der Waals surface area (Å²) >= 11 is 1.67. The molecule has 0 radical (unpaired) electrons. The third-order valence-corrected chi connectivity index (χ3v) is 5.01. The standard InChI is InChI=1S/C17H23N3O2S/c1-17(2,3)19-15(21)11-7-8-20(10-11)16-18-13-9-12(22-4)5-6-14(13)23-16/h5-6,9,11H,7-8,10H2,1-4H3,(H,19,21). The largest absolute Gasteiger partial charge is 0.497 e. The lowest BCUT2D eigenvalue weighted by molar-refractivity contribution is -0.125. The molecule has 6 heteroatoms. The molecule has 1 saturated heterocycles. The van der Waals surface area contributed by atoms with Crippen molar-refractivity contribution in [2.75, 3.05) is 25.1 Å². The van der Waals surface area contributed by atoms with Gasteiger partial charge in [0.15, 0.2) is 5.13 Å². The Hall–Kier alpha value is -1.82. The topological polar surface area (TPSA) is 54.5 Å². The second-order valence-corrected chi connectivity index (χ2v) is 8.01. The van der Waals surface area contributed by atoms with Crippen LogP contribution in [-0.4, -0.2) is 36.6 Å². The number of rotatable bonds is 3. The average Bonchev–Trinajstić information content (AvgIpc) is 3.11. The van der Waals surface area contributed by atoms with Gasteiger partial charge < -0.3 is 15.0 Å². The number of nitrogens with one attached hydrogen (secondary N) is 1. The molecular weight excluding hydrogens is 310 g/mol. The van der Waals surface area contributed by atoms with Crippen molar-refractivity contribution in [2.45, 2.75) is 32.7 Å². The van der Waals surface area contributed by atoms with Gasteiger partial charge in [-0.2, -0.15) is 0 Å². The number of methoxy groups -OCH3 is 1. The SMILES string of the molecule is COc1ccc2sc(N3CCC(C(=O)NC(C)(C)C)C3)nc2c1. The zero-order valence-electron chi connectivity index (χ0n) is 14.0. The fourth-order valence-electron chi connectivity index (χ4n) is 2.78. The smallest absolute Gasteiger partial charge is 0.225 e. The Bertz CT molecular complexity index is 720. The minimum absolute atomic E-state index is 0.0378. The number of hydrogen-bond acceptors (Lipinski definition) is 5. The molecule has 0 aliphatic carbocycles. The van der Waals surface area contributed by atoms with Crippen LogP contribution in [0.3, 0.4) is 0 Å². The van der Waals surface area contributed by atoms with Crippen molar-refractivity contribution in [3.63, 3.8) is 0 Å². The minimum atomic E-state index is -0.184. The third-order valence-electron chi connectivity index (χ3n) is 3.91. The van der Waals surface area contributed by atoms with Crippen molar-refractivity contribution < 1.29 is 9.53 Å². The zero-order chi connectivity index (χ0) is 16.6. The van der Waals surface area contributed by atoms with E-state index in [0.717, 1.165) is 40.6 Å². The molecule has 1 N–H and O–H groups in total. The lowest BCUT2D eigenvalue weighted by Gasteiger charge is -2.23. The fraction of sp³-hybridized carbons (Fsp3) is 0.529. The van der Waals surface area contributed by atoms with E-state index in [1.54, 1.807) is 18.4 Å². The monoisotopic (exact) mass is 333 g/mol. The molecule has 1 aliphatic rings.